The number of para-hydroxylation sites is 1. The molecule has 21 heavy (non-hydrogen) atoms. The van der Waals surface area contributed by atoms with Gasteiger partial charge in [-0.1, -0.05) is 32.4 Å². The third-order valence-corrected chi connectivity index (χ3v) is 4.17. The number of Topliss-reactive ketones (excluding diaryl/α,β-unsaturated/α-hetero) is 1. The summed E-state index contributed by atoms with van der Waals surface area (Å²) in [6.07, 6.45) is 2.92. The predicted molar refractivity (Wildman–Crippen MR) is 82.6 cm³/mol. The van der Waals surface area contributed by atoms with Crippen molar-refractivity contribution in [3.8, 4) is 0 Å². The van der Waals surface area contributed by atoms with Crippen LogP contribution in [0.4, 0.5) is 5.69 Å². The molecule has 0 aliphatic heterocycles. The van der Waals surface area contributed by atoms with Gasteiger partial charge in [0.1, 0.15) is 6.42 Å². The molecule has 3 atom stereocenters. The van der Waals surface area contributed by atoms with Crippen LogP contribution >= 0.6 is 0 Å². The first-order valence-electron chi connectivity index (χ1n) is 7.63. The molecular formula is C17H23NO3. The van der Waals surface area contributed by atoms with Gasteiger partial charge in [-0.3, -0.25) is 9.59 Å². The fraction of sp³-hybridized carbons (Fsp3) is 0.529. The van der Waals surface area contributed by atoms with Crippen molar-refractivity contribution < 1.29 is 14.7 Å². The van der Waals surface area contributed by atoms with E-state index in [1.54, 1.807) is 12.1 Å². The average Bonchev–Trinajstić information content (AvgIpc) is 3.15. The van der Waals surface area contributed by atoms with Crippen LogP contribution < -0.4 is 5.32 Å². The van der Waals surface area contributed by atoms with Gasteiger partial charge in [-0.2, -0.15) is 0 Å². The van der Waals surface area contributed by atoms with Gasteiger partial charge in [0.05, 0.1) is 0 Å². The first-order valence-corrected chi connectivity index (χ1v) is 7.63. The summed E-state index contributed by atoms with van der Waals surface area (Å²) in [6, 6.07) is 7.58. The van der Waals surface area contributed by atoms with E-state index in [0.29, 0.717) is 17.5 Å². The van der Waals surface area contributed by atoms with Gasteiger partial charge in [0.25, 0.3) is 0 Å². The highest BCUT2D eigenvalue weighted by Crippen LogP contribution is 2.43. The Hall–Kier alpha value is -1.84. The molecule has 1 aromatic rings. The van der Waals surface area contributed by atoms with Crippen molar-refractivity contribution in [2.75, 3.05) is 5.32 Å². The number of aliphatic carboxylic acids is 1. The molecule has 2 N–H and O–H groups in total. The summed E-state index contributed by atoms with van der Waals surface area (Å²) in [5, 5.41) is 12.3. The molecule has 1 saturated carbocycles. The van der Waals surface area contributed by atoms with Crippen molar-refractivity contribution in [3.05, 3.63) is 29.8 Å². The van der Waals surface area contributed by atoms with Crippen LogP contribution in [-0.4, -0.2) is 22.9 Å². The van der Waals surface area contributed by atoms with Gasteiger partial charge in [-0.15, -0.1) is 0 Å². The van der Waals surface area contributed by atoms with Crippen molar-refractivity contribution in [2.24, 2.45) is 11.8 Å². The van der Waals surface area contributed by atoms with Crippen LogP contribution in [0.2, 0.25) is 0 Å². The van der Waals surface area contributed by atoms with Gasteiger partial charge in [0.15, 0.2) is 5.78 Å². The molecule has 3 unspecified atom stereocenters. The summed E-state index contributed by atoms with van der Waals surface area (Å²) in [4.78, 5) is 22.8. The van der Waals surface area contributed by atoms with Crippen molar-refractivity contribution in [1.82, 2.24) is 0 Å². The van der Waals surface area contributed by atoms with Crippen LogP contribution in [0.5, 0.6) is 0 Å². The molecule has 2 rings (SSSR count). The monoisotopic (exact) mass is 289 g/mol. The molecule has 0 saturated heterocycles. The number of ketones is 1. The number of carbonyl (C=O) groups is 2. The second kappa shape index (κ2) is 6.74. The van der Waals surface area contributed by atoms with Crippen LogP contribution in [0.3, 0.4) is 0 Å². The predicted octanol–water partition coefficient (Wildman–Crippen LogP) is 3.58. The van der Waals surface area contributed by atoms with Crippen molar-refractivity contribution in [1.29, 1.82) is 0 Å². The van der Waals surface area contributed by atoms with Gasteiger partial charge in [-0.25, -0.2) is 0 Å². The summed E-state index contributed by atoms with van der Waals surface area (Å²) in [5.74, 6) is -0.0380. The van der Waals surface area contributed by atoms with E-state index in [0.717, 1.165) is 24.4 Å². The molecule has 0 aromatic heterocycles. The van der Waals surface area contributed by atoms with Gasteiger partial charge in [0.2, 0.25) is 0 Å². The standard InChI is InChI=1S/C17H23NO3/c1-3-6-14(13-9-11(13)2)18-15-8-5-4-7-12(15)16(19)10-17(20)21/h4-5,7-8,11,13-14,18H,3,6,9-10H2,1-2H3,(H,20,21). The molecule has 1 aliphatic carbocycles. The highest BCUT2D eigenvalue weighted by molar-refractivity contribution is 6.08. The molecule has 0 bridgehead atoms. The van der Waals surface area contributed by atoms with E-state index in [2.05, 4.69) is 19.2 Å². The number of carboxylic acid groups (broad SMARTS) is 1. The first-order chi connectivity index (χ1) is 10.0. The van der Waals surface area contributed by atoms with Crippen LogP contribution in [0.15, 0.2) is 24.3 Å². The lowest BCUT2D eigenvalue weighted by molar-refractivity contribution is -0.135. The van der Waals surface area contributed by atoms with E-state index < -0.39 is 12.4 Å². The van der Waals surface area contributed by atoms with E-state index in [1.807, 2.05) is 12.1 Å². The molecule has 0 heterocycles. The van der Waals surface area contributed by atoms with Crippen molar-refractivity contribution in [2.45, 2.75) is 45.6 Å². The molecule has 0 spiro atoms. The smallest absolute Gasteiger partial charge is 0.311 e. The van der Waals surface area contributed by atoms with E-state index in [-0.39, 0.29) is 5.78 Å². The maximum Gasteiger partial charge on any atom is 0.311 e. The maximum absolute atomic E-state index is 12.0. The Bertz CT molecular complexity index is 527. The number of carboxylic acids is 1. The zero-order valence-corrected chi connectivity index (χ0v) is 12.6. The zero-order chi connectivity index (χ0) is 15.4. The van der Waals surface area contributed by atoms with Crippen molar-refractivity contribution >= 4 is 17.4 Å². The minimum absolute atomic E-state index is 0.343. The molecule has 1 fully saturated rings. The zero-order valence-electron chi connectivity index (χ0n) is 12.6. The molecule has 0 radical (unpaired) electrons. The van der Waals surface area contributed by atoms with Gasteiger partial charge in [0, 0.05) is 17.3 Å². The lowest BCUT2D eigenvalue weighted by Gasteiger charge is -2.21. The van der Waals surface area contributed by atoms with Crippen LogP contribution in [-0.2, 0) is 4.79 Å². The second-order valence-electron chi connectivity index (χ2n) is 5.96. The minimum Gasteiger partial charge on any atom is -0.481 e. The Morgan fingerprint density at radius 2 is 2.05 bits per heavy atom. The third-order valence-electron chi connectivity index (χ3n) is 4.17. The van der Waals surface area contributed by atoms with Gasteiger partial charge < -0.3 is 10.4 Å². The number of nitrogens with one attached hydrogen (secondary N) is 1. The van der Waals surface area contributed by atoms with E-state index in [4.69, 9.17) is 5.11 Å². The summed E-state index contributed by atoms with van der Waals surface area (Å²) in [5.41, 5.74) is 1.25. The summed E-state index contributed by atoms with van der Waals surface area (Å²) in [6.45, 7) is 4.40. The lowest BCUT2D eigenvalue weighted by atomic mass is 10.0. The number of benzene rings is 1. The minimum atomic E-state index is -1.09. The van der Waals surface area contributed by atoms with Gasteiger partial charge in [-0.05, 0) is 36.8 Å². The Balaban J connectivity index is 2.15. The molecule has 0 amide bonds. The number of anilines is 1. The Kier molecular flexibility index (Phi) is 4.99. The summed E-state index contributed by atoms with van der Waals surface area (Å²) >= 11 is 0. The lowest BCUT2D eigenvalue weighted by Crippen LogP contribution is -2.24. The number of rotatable bonds is 8. The fourth-order valence-electron chi connectivity index (χ4n) is 2.90. The fourth-order valence-corrected chi connectivity index (χ4v) is 2.90. The quantitative estimate of drug-likeness (QED) is 0.567. The van der Waals surface area contributed by atoms with E-state index >= 15 is 0 Å². The Labute approximate surface area is 125 Å². The van der Waals surface area contributed by atoms with E-state index in [1.165, 1.54) is 6.42 Å². The topological polar surface area (TPSA) is 66.4 Å². The normalized spacial score (nSPS) is 21.6. The third kappa shape index (κ3) is 4.06. The molecule has 1 aromatic carbocycles. The van der Waals surface area contributed by atoms with Crippen LogP contribution in [0.1, 0.15) is 49.9 Å². The van der Waals surface area contributed by atoms with Crippen LogP contribution in [0.25, 0.3) is 0 Å². The average molecular weight is 289 g/mol. The molecule has 4 nitrogen and oxygen atoms in total. The molecule has 1 aliphatic rings. The number of carbonyl (C=O) groups excluding carboxylic acids is 1. The van der Waals surface area contributed by atoms with Crippen molar-refractivity contribution in [3.63, 3.8) is 0 Å². The first kappa shape index (κ1) is 15.5. The highest BCUT2D eigenvalue weighted by atomic mass is 16.4. The maximum atomic E-state index is 12.0. The summed E-state index contributed by atoms with van der Waals surface area (Å²) < 4.78 is 0. The Morgan fingerprint density at radius 1 is 1.38 bits per heavy atom. The van der Waals surface area contributed by atoms with Crippen LogP contribution in [0, 0.1) is 11.8 Å². The highest BCUT2D eigenvalue weighted by Gasteiger charge is 2.39. The SMILES string of the molecule is CCCC(Nc1ccccc1C(=O)CC(=O)O)C1CC1C. The summed E-state index contributed by atoms with van der Waals surface area (Å²) in [7, 11) is 0. The molecule has 4 heteroatoms. The largest absolute Gasteiger partial charge is 0.481 e. The Morgan fingerprint density at radius 3 is 2.62 bits per heavy atom. The van der Waals surface area contributed by atoms with E-state index in [9.17, 15) is 9.59 Å². The second-order valence-corrected chi connectivity index (χ2v) is 5.96. The molecular weight excluding hydrogens is 266 g/mol. The number of hydrogen-bond donors (Lipinski definition) is 2. The number of hydrogen-bond acceptors (Lipinski definition) is 3. The van der Waals surface area contributed by atoms with Gasteiger partial charge >= 0.3 is 5.97 Å². The molecule has 114 valence electrons.